The second-order valence-electron chi connectivity index (χ2n) is 25.4. The molecule has 1 heterocycles. The van der Waals surface area contributed by atoms with Crippen molar-refractivity contribution in [3.05, 3.63) is 85.1 Å². The van der Waals surface area contributed by atoms with Crippen molar-refractivity contribution < 1.29 is 39.8 Å². The maximum Gasteiger partial charge on any atom is 0.220 e. The number of carbonyl (C=O) groups excluding carboxylic acids is 1. The summed E-state index contributed by atoms with van der Waals surface area (Å²) >= 11 is 0. The van der Waals surface area contributed by atoms with Crippen LogP contribution < -0.4 is 5.32 Å². The van der Waals surface area contributed by atoms with Crippen LogP contribution in [0.25, 0.3) is 0 Å². The molecule has 0 aliphatic carbocycles. The third-order valence-corrected chi connectivity index (χ3v) is 17.2. The largest absolute Gasteiger partial charge is 0.394 e. The van der Waals surface area contributed by atoms with Gasteiger partial charge in [0.1, 0.15) is 24.4 Å². The summed E-state index contributed by atoms with van der Waals surface area (Å²) in [5.41, 5.74) is 0. The van der Waals surface area contributed by atoms with Gasteiger partial charge in [-0.15, -0.1) is 0 Å². The Kier molecular flexibility index (Phi) is 61.8. The molecule has 1 fully saturated rings. The molecule has 1 aliphatic heterocycles. The first-order chi connectivity index (χ1) is 42.3. The number of carbonyl (C=O) groups is 1. The van der Waals surface area contributed by atoms with E-state index in [1.807, 2.05) is 6.08 Å². The third kappa shape index (κ3) is 53.2. The molecule has 500 valence electrons. The predicted octanol–water partition coefficient (Wildman–Crippen LogP) is 20.5. The van der Waals surface area contributed by atoms with Crippen LogP contribution in [0.3, 0.4) is 0 Å². The molecule has 86 heavy (non-hydrogen) atoms. The first-order valence-corrected chi connectivity index (χ1v) is 36.8. The summed E-state index contributed by atoms with van der Waals surface area (Å²) in [6, 6.07) is -0.808. The zero-order valence-corrected chi connectivity index (χ0v) is 56.1. The van der Waals surface area contributed by atoms with Gasteiger partial charge in [-0.1, -0.05) is 349 Å². The predicted molar refractivity (Wildman–Crippen MR) is 368 cm³/mol. The topological polar surface area (TPSA) is 149 Å². The number of aliphatic hydroxyl groups is 5. The van der Waals surface area contributed by atoms with Crippen LogP contribution in [0, 0.1) is 0 Å². The first kappa shape index (κ1) is 81.4. The zero-order chi connectivity index (χ0) is 62.1. The fourth-order valence-electron chi connectivity index (χ4n) is 11.5. The van der Waals surface area contributed by atoms with E-state index in [1.165, 1.54) is 244 Å². The fourth-order valence-corrected chi connectivity index (χ4v) is 11.5. The summed E-state index contributed by atoms with van der Waals surface area (Å²) in [7, 11) is 0. The Labute approximate surface area is 531 Å². The van der Waals surface area contributed by atoms with E-state index >= 15 is 0 Å². The number of ether oxygens (including phenoxy) is 2. The Morgan fingerprint density at radius 1 is 0.407 bits per heavy atom. The number of aliphatic hydroxyl groups excluding tert-OH is 5. The lowest BCUT2D eigenvalue weighted by atomic mass is 9.99. The lowest BCUT2D eigenvalue weighted by Gasteiger charge is -2.40. The molecule has 7 atom stereocenters. The summed E-state index contributed by atoms with van der Waals surface area (Å²) in [5.74, 6) is -0.172. The van der Waals surface area contributed by atoms with E-state index in [2.05, 4.69) is 92.1 Å². The van der Waals surface area contributed by atoms with Crippen molar-refractivity contribution in [2.45, 2.75) is 384 Å². The van der Waals surface area contributed by atoms with Crippen molar-refractivity contribution in [1.82, 2.24) is 5.32 Å². The molecule has 9 nitrogen and oxygen atoms in total. The van der Waals surface area contributed by atoms with Crippen molar-refractivity contribution in [3.8, 4) is 0 Å². The van der Waals surface area contributed by atoms with Crippen molar-refractivity contribution in [2.24, 2.45) is 0 Å². The lowest BCUT2D eigenvalue weighted by molar-refractivity contribution is -0.302. The van der Waals surface area contributed by atoms with Crippen molar-refractivity contribution in [1.29, 1.82) is 0 Å². The van der Waals surface area contributed by atoms with Crippen molar-refractivity contribution >= 4 is 5.91 Å². The van der Waals surface area contributed by atoms with Crippen LogP contribution in [-0.2, 0) is 14.3 Å². The monoisotopic (exact) mass is 1210 g/mol. The number of hydrogen-bond donors (Lipinski definition) is 6. The Balaban J connectivity index is 2.08. The molecule has 1 amide bonds. The van der Waals surface area contributed by atoms with Gasteiger partial charge in [0, 0.05) is 6.42 Å². The quantitative estimate of drug-likeness (QED) is 0.0261. The summed E-state index contributed by atoms with van der Waals surface area (Å²) < 4.78 is 11.3. The number of allylic oxidation sites excluding steroid dienone is 13. The highest BCUT2D eigenvalue weighted by atomic mass is 16.7. The number of amides is 1. The van der Waals surface area contributed by atoms with Gasteiger partial charge in [-0.05, 0) is 70.6 Å². The fraction of sp³-hybridized carbons (Fsp3) is 0.805. The van der Waals surface area contributed by atoms with E-state index in [1.54, 1.807) is 6.08 Å². The second kappa shape index (κ2) is 65.3. The molecule has 1 aliphatic rings. The molecule has 0 saturated carbocycles. The van der Waals surface area contributed by atoms with Gasteiger partial charge in [-0.2, -0.15) is 0 Å². The van der Waals surface area contributed by atoms with Gasteiger partial charge in [0.2, 0.25) is 5.91 Å². The van der Waals surface area contributed by atoms with Crippen LogP contribution in [0.5, 0.6) is 0 Å². The van der Waals surface area contributed by atoms with E-state index in [0.717, 1.165) is 77.0 Å². The SMILES string of the molecule is CC/C=C\C/C=C\C/C=C\C/C=C\C/C=C\C/C=C\CCCCCCCCCCCCCCCCCCCCCCC(=O)NC(COC1OC(CO)C(O)C(O)C1O)C(O)/C=C/CCCCCCCCCCCCCCCCCCCCCCCC. The highest BCUT2D eigenvalue weighted by Crippen LogP contribution is 2.23. The highest BCUT2D eigenvalue weighted by Gasteiger charge is 2.44. The van der Waals surface area contributed by atoms with E-state index in [4.69, 9.17) is 9.47 Å². The standard InChI is InChI=1S/C77H139NO8/c1-3-5-7-9-11-13-15-17-19-21-23-25-27-29-30-31-32-33-34-35-36-37-38-39-40-41-42-43-45-47-49-51-53-55-57-59-61-63-65-67-73(81)78-70(69-85-77-76(84)75(83)74(82)72(68-79)86-77)71(80)66-64-62-60-58-56-54-52-50-48-46-44-28-26-24-22-20-18-16-14-12-10-8-6-4-2/h5,7,11,13,17,19,23,25,29-30,32-33,64,66,70-72,74-77,79-80,82-84H,3-4,6,8-10,12,14-16,18,20-22,24,26-28,31,34-63,65,67-69H2,1-2H3,(H,78,81)/b7-5-,13-11-,19-17-,25-23-,30-29-,33-32-,66-64+. The molecular formula is C77H139NO8. The van der Waals surface area contributed by atoms with E-state index in [-0.39, 0.29) is 12.5 Å². The smallest absolute Gasteiger partial charge is 0.220 e. The first-order valence-electron chi connectivity index (χ1n) is 36.8. The second-order valence-corrected chi connectivity index (χ2v) is 25.4. The molecule has 0 aromatic heterocycles. The van der Waals surface area contributed by atoms with Crippen molar-refractivity contribution in [2.75, 3.05) is 13.2 Å². The van der Waals surface area contributed by atoms with Crippen LogP contribution in [0.2, 0.25) is 0 Å². The van der Waals surface area contributed by atoms with Crippen LogP contribution in [0.1, 0.15) is 341 Å². The average Bonchev–Trinajstić information content (AvgIpc) is 3.55. The highest BCUT2D eigenvalue weighted by molar-refractivity contribution is 5.76. The Morgan fingerprint density at radius 3 is 1.07 bits per heavy atom. The summed E-state index contributed by atoms with van der Waals surface area (Å²) in [4.78, 5) is 13.1. The summed E-state index contributed by atoms with van der Waals surface area (Å²) in [6.07, 6.45) is 87.0. The minimum Gasteiger partial charge on any atom is -0.394 e. The average molecular weight is 1210 g/mol. The molecular weight excluding hydrogens is 1070 g/mol. The van der Waals surface area contributed by atoms with Crippen LogP contribution in [0.15, 0.2) is 85.1 Å². The van der Waals surface area contributed by atoms with Gasteiger partial charge >= 0.3 is 0 Å². The van der Waals surface area contributed by atoms with Gasteiger partial charge in [-0.25, -0.2) is 0 Å². The van der Waals surface area contributed by atoms with Crippen molar-refractivity contribution in [3.63, 3.8) is 0 Å². The number of nitrogens with one attached hydrogen (secondary N) is 1. The normalized spacial score (nSPS) is 18.5. The molecule has 0 bridgehead atoms. The maximum atomic E-state index is 13.1. The minimum atomic E-state index is -1.57. The van der Waals surface area contributed by atoms with Gasteiger partial charge < -0.3 is 40.3 Å². The van der Waals surface area contributed by atoms with Crippen LogP contribution in [0.4, 0.5) is 0 Å². The Hall–Kier alpha value is -2.63. The Morgan fingerprint density at radius 2 is 0.721 bits per heavy atom. The zero-order valence-electron chi connectivity index (χ0n) is 56.1. The van der Waals surface area contributed by atoms with Gasteiger partial charge in [0.05, 0.1) is 25.4 Å². The van der Waals surface area contributed by atoms with E-state index in [0.29, 0.717) is 6.42 Å². The molecule has 0 radical (unpaired) electrons. The van der Waals surface area contributed by atoms with Crippen LogP contribution in [-0.4, -0.2) is 87.5 Å². The molecule has 1 rings (SSSR count). The van der Waals surface area contributed by atoms with Crippen LogP contribution >= 0.6 is 0 Å². The van der Waals surface area contributed by atoms with Gasteiger partial charge in [0.15, 0.2) is 6.29 Å². The number of rotatable bonds is 64. The third-order valence-electron chi connectivity index (χ3n) is 17.2. The van der Waals surface area contributed by atoms with Gasteiger partial charge in [-0.3, -0.25) is 4.79 Å². The molecule has 6 N–H and O–H groups in total. The Bertz CT molecular complexity index is 1640. The van der Waals surface area contributed by atoms with E-state index < -0.39 is 49.5 Å². The minimum absolute atomic E-state index is 0.172. The maximum absolute atomic E-state index is 13.1. The molecule has 1 saturated heterocycles. The summed E-state index contributed by atoms with van der Waals surface area (Å²) in [6.45, 7) is 3.71. The number of unbranched alkanes of at least 4 members (excludes halogenated alkanes) is 42. The molecule has 0 aromatic rings. The summed E-state index contributed by atoms with van der Waals surface area (Å²) in [5, 5.41) is 54.8. The molecule has 9 heteroatoms. The molecule has 7 unspecified atom stereocenters. The van der Waals surface area contributed by atoms with Gasteiger partial charge in [0.25, 0.3) is 0 Å². The lowest BCUT2D eigenvalue weighted by Crippen LogP contribution is -2.60. The number of hydrogen-bond acceptors (Lipinski definition) is 8. The molecule has 0 aromatic carbocycles. The molecule has 0 spiro atoms. The van der Waals surface area contributed by atoms with E-state index in [9.17, 15) is 30.3 Å².